The van der Waals surface area contributed by atoms with Crippen LogP contribution in [0.4, 0.5) is 5.69 Å². The number of rotatable bonds is 5. The van der Waals surface area contributed by atoms with E-state index in [0.717, 1.165) is 10.9 Å². The van der Waals surface area contributed by atoms with E-state index in [4.69, 9.17) is 0 Å². The van der Waals surface area contributed by atoms with Crippen molar-refractivity contribution in [2.75, 3.05) is 10.5 Å². The summed E-state index contributed by atoms with van der Waals surface area (Å²) in [6.07, 6.45) is 0.444. The lowest BCUT2D eigenvalue weighted by Crippen LogP contribution is -2.18. The standard InChI is InChI=1S/C18H18N2O3S/c1-13-11-15-7-8-16(12-17(15)19-18(13)21)20-24(22,23)10-9-14-5-3-2-4-6-14/h2-8,11-12,20H,9-10H2,1H3,(H,19,21). The van der Waals surface area contributed by atoms with Crippen molar-refractivity contribution in [1.82, 2.24) is 4.98 Å². The van der Waals surface area contributed by atoms with Gasteiger partial charge in [0.2, 0.25) is 10.0 Å². The molecule has 0 saturated heterocycles. The number of anilines is 1. The van der Waals surface area contributed by atoms with E-state index in [-0.39, 0.29) is 11.3 Å². The predicted octanol–water partition coefficient (Wildman–Crippen LogP) is 2.82. The van der Waals surface area contributed by atoms with Crippen LogP contribution in [0.2, 0.25) is 0 Å². The number of aromatic amines is 1. The molecule has 3 rings (SSSR count). The Kier molecular flexibility index (Phi) is 4.40. The van der Waals surface area contributed by atoms with Crippen LogP contribution in [0.25, 0.3) is 10.9 Å². The minimum Gasteiger partial charge on any atom is -0.322 e. The fourth-order valence-electron chi connectivity index (χ4n) is 2.50. The van der Waals surface area contributed by atoms with Crippen molar-refractivity contribution in [3.63, 3.8) is 0 Å². The fraction of sp³-hybridized carbons (Fsp3) is 0.167. The molecule has 2 N–H and O–H groups in total. The summed E-state index contributed by atoms with van der Waals surface area (Å²) in [4.78, 5) is 14.4. The number of aryl methyl sites for hydroxylation is 2. The average Bonchev–Trinajstić information content (AvgIpc) is 2.55. The number of pyridine rings is 1. The summed E-state index contributed by atoms with van der Waals surface area (Å²) < 4.78 is 27.1. The molecule has 0 atom stereocenters. The molecule has 0 spiro atoms. The van der Waals surface area contributed by atoms with Gasteiger partial charge < -0.3 is 4.98 Å². The second kappa shape index (κ2) is 6.49. The van der Waals surface area contributed by atoms with E-state index in [1.54, 1.807) is 31.2 Å². The van der Waals surface area contributed by atoms with Gasteiger partial charge in [-0.1, -0.05) is 36.4 Å². The monoisotopic (exact) mass is 342 g/mol. The molecule has 5 nitrogen and oxygen atoms in total. The largest absolute Gasteiger partial charge is 0.322 e. The van der Waals surface area contributed by atoms with Crippen LogP contribution >= 0.6 is 0 Å². The smallest absolute Gasteiger partial charge is 0.251 e. The van der Waals surface area contributed by atoms with Crippen LogP contribution in [0.1, 0.15) is 11.1 Å². The Morgan fingerprint density at radius 1 is 1.04 bits per heavy atom. The molecule has 0 radical (unpaired) electrons. The van der Waals surface area contributed by atoms with Crippen LogP contribution in [0.3, 0.4) is 0 Å². The van der Waals surface area contributed by atoms with Gasteiger partial charge in [-0.15, -0.1) is 0 Å². The first-order valence-electron chi connectivity index (χ1n) is 7.61. The highest BCUT2D eigenvalue weighted by atomic mass is 32.2. The third-order valence-corrected chi connectivity index (χ3v) is 5.10. The highest BCUT2D eigenvalue weighted by molar-refractivity contribution is 7.92. The highest BCUT2D eigenvalue weighted by Crippen LogP contribution is 2.18. The van der Waals surface area contributed by atoms with Gasteiger partial charge in [-0.05, 0) is 42.5 Å². The highest BCUT2D eigenvalue weighted by Gasteiger charge is 2.11. The van der Waals surface area contributed by atoms with Crippen molar-refractivity contribution in [2.45, 2.75) is 13.3 Å². The Morgan fingerprint density at radius 2 is 1.79 bits per heavy atom. The SMILES string of the molecule is Cc1cc2ccc(NS(=O)(=O)CCc3ccccc3)cc2[nH]c1=O. The Bertz CT molecular complexity index is 1030. The zero-order valence-corrected chi connectivity index (χ0v) is 14.1. The van der Waals surface area contributed by atoms with Gasteiger partial charge >= 0.3 is 0 Å². The van der Waals surface area contributed by atoms with Crippen LogP contribution in [0.15, 0.2) is 59.4 Å². The zero-order valence-electron chi connectivity index (χ0n) is 13.2. The minimum absolute atomic E-state index is 0.000528. The molecule has 3 aromatic rings. The number of hydrogen-bond acceptors (Lipinski definition) is 3. The third-order valence-electron chi connectivity index (χ3n) is 3.81. The number of benzene rings is 2. The molecule has 2 aromatic carbocycles. The van der Waals surface area contributed by atoms with Gasteiger partial charge in [0, 0.05) is 5.56 Å². The molecule has 124 valence electrons. The van der Waals surface area contributed by atoms with Crippen molar-refractivity contribution in [3.8, 4) is 0 Å². The normalized spacial score (nSPS) is 11.5. The van der Waals surface area contributed by atoms with Crippen LogP contribution in [0.5, 0.6) is 0 Å². The number of fused-ring (bicyclic) bond motifs is 1. The van der Waals surface area contributed by atoms with Crippen molar-refractivity contribution in [2.24, 2.45) is 0 Å². The molecule has 24 heavy (non-hydrogen) atoms. The van der Waals surface area contributed by atoms with Crippen molar-refractivity contribution in [3.05, 3.63) is 76.1 Å². The topological polar surface area (TPSA) is 79.0 Å². The van der Waals surface area contributed by atoms with Crippen LogP contribution in [0, 0.1) is 6.92 Å². The minimum atomic E-state index is -3.46. The third kappa shape index (κ3) is 3.83. The number of aromatic nitrogens is 1. The predicted molar refractivity (Wildman–Crippen MR) is 96.9 cm³/mol. The maximum atomic E-state index is 12.2. The summed E-state index contributed by atoms with van der Waals surface area (Å²) >= 11 is 0. The van der Waals surface area contributed by atoms with Crippen LogP contribution in [-0.4, -0.2) is 19.2 Å². The number of sulfonamides is 1. The van der Waals surface area contributed by atoms with Gasteiger partial charge in [-0.2, -0.15) is 0 Å². The maximum absolute atomic E-state index is 12.2. The van der Waals surface area contributed by atoms with Gasteiger partial charge in [-0.3, -0.25) is 9.52 Å². The second-order valence-electron chi connectivity index (χ2n) is 5.74. The van der Waals surface area contributed by atoms with Gasteiger partial charge in [0.15, 0.2) is 0 Å². The van der Waals surface area contributed by atoms with Gasteiger partial charge in [-0.25, -0.2) is 8.42 Å². The van der Waals surface area contributed by atoms with Crippen LogP contribution < -0.4 is 10.3 Å². The van der Waals surface area contributed by atoms with E-state index in [9.17, 15) is 13.2 Å². The van der Waals surface area contributed by atoms with Crippen molar-refractivity contribution >= 4 is 26.6 Å². The van der Waals surface area contributed by atoms with Crippen molar-refractivity contribution < 1.29 is 8.42 Å². The number of H-pyrrole nitrogens is 1. The number of hydrogen-bond donors (Lipinski definition) is 2. The first-order valence-corrected chi connectivity index (χ1v) is 9.26. The molecule has 0 aliphatic carbocycles. The molecular weight excluding hydrogens is 324 g/mol. The Balaban J connectivity index is 1.78. The molecular formula is C18H18N2O3S. The van der Waals surface area contributed by atoms with E-state index in [1.807, 2.05) is 30.3 Å². The van der Waals surface area contributed by atoms with E-state index >= 15 is 0 Å². The lowest BCUT2D eigenvalue weighted by molar-refractivity contribution is 0.600. The summed E-state index contributed by atoms with van der Waals surface area (Å²) in [5, 5.41) is 0.860. The summed E-state index contributed by atoms with van der Waals surface area (Å²) in [5.41, 5.74) is 2.47. The van der Waals surface area contributed by atoms with E-state index in [1.165, 1.54) is 0 Å². The van der Waals surface area contributed by atoms with Crippen molar-refractivity contribution in [1.29, 1.82) is 0 Å². The summed E-state index contributed by atoms with van der Waals surface area (Å²) in [6, 6.07) is 16.4. The van der Waals surface area contributed by atoms with Gasteiger partial charge in [0.05, 0.1) is 17.0 Å². The molecule has 0 fully saturated rings. The lowest BCUT2D eigenvalue weighted by Gasteiger charge is -2.09. The van der Waals surface area contributed by atoms with Crippen LogP contribution in [-0.2, 0) is 16.4 Å². The zero-order chi connectivity index (χ0) is 17.2. The first kappa shape index (κ1) is 16.3. The molecule has 0 saturated carbocycles. The molecule has 0 aliphatic rings. The summed E-state index contributed by atoms with van der Waals surface area (Å²) in [6.45, 7) is 1.73. The summed E-state index contributed by atoms with van der Waals surface area (Å²) in [5.74, 6) is -0.000528. The van der Waals surface area contributed by atoms with E-state index in [2.05, 4.69) is 9.71 Å². The molecule has 0 aliphatic heterocycles. The molecule has 0 bridgehead atoms. The van der Waals surface area contributed by atoms with E-state index in [0.29, 0.717) is 23.2 Å². The summed E-state index contributed by atoms with van der Waals surface area (Å²) in [7, 11) is -3.46. The first-order chi connectivity index (χ1) is 11.4. The quantitative estimate of drug-likeness (QED) is 0.748. The number of nitrogens with one attached hydrogen (secondary N) is 2. The molecule has 0 amide bonds. The Labute approximate surface area is 140 Å². The second-order valence-corrected chi connectivity index (χ2v) is 7.58. The molecule has 1 aromatic heterocycles. The Hall–Kier alpha value is -2.60. The lowest BCUT2D eigenvalue weighted by atomic mass is 10.1. The Morgan fingerprint density at radius 3 is 2.54 bits per heavy atom. The fourth-order valence-corrected chi connectivity index (χ4v) is 3.59. The van der Waals surface area contributed by atoms with E-state index < -0.39 is 10.0 Å². The average molecular weight is 342 g/mol. The maximum Gasteiger partial charge on any atom is 0.251 e. The van der Waals surface area contributed by atoms with Gasteiger partial charge in [0.25, 0.3) is 5.56 Å². The van der Waals surface area contributed by atoms with Gasteiger partial charge in [0.1, 0.15) is 0 Å². The molecule has 1 heterocycles. The molecule has 0 unspecified atom stereocenters. The molecule has 6 heteroatoms.